The summed E-state index contributed by atoms with van der Waals surface area (Å²) in [5.41, 5.74) is 6.42. The molecule has 1 heterocycles. The van der Waals surface area contributed by atoms with Gasteiger partial charge in [-0.3, -0.25) is 9.59 Å². The maximum absolute atomic E-state index is 13.2. The summed E-state index contributed by atoms with van der Waals surface area (Å²) >= 11 is 0. The smallest absolute Gasteiger partial charge is 0.242 e. The fourth-order valence-corrected chi connectivity index (χ4v) is 2.40. The van der Waals surface area contributed by atoms with Crippen molar-refractivity contribution in [3.05, 3.63) is 35.6 Å². The highest BCUT2D eigenvalue weighted by molar-refractivity contribution is 5.88. The fourth-order valence-electron chi connectivity index (χ4n) is 2.40. The molecule has 0 radical (unpaired) electrons. The third kappa shape index (κ3) is 5.16. The van der Waals surface area contributed by atoms with Gasteiger partial charge in [-0.2, -0.15) is 0 Å². The molecule has 0 aliphatic carbocycles. The molecule has 1 unspecified atom stereocenters. The van der Waals surface area contributed by atoms with Crippen LogP contribution in [0.3, 0.4) is 0 Å². The zero-order valence-corrected chi connectivity index (χ0v) is 13.7. The molecule has 0 bridgehead atoms. The number of amides is 2. The number of ether oxygens (including phenoxy) is 1. The van der Waals surface area contributed by atoms with Gasteiger partial charge in [0, 0.05) is 26.7 Å². The first-order valence-electron chi connectivity index (χ1n) is 7.07. The van der Waals surface area contributed by atoms with Gasteiger partial charge in [-0.1, -0.05) is 12.1 Å². The van der Waals surface area contributed by atoms with Crippen molar-refractivity contribution in [2.75, 3.05) is 33.4 Å². The molecule has 2 amide bonds. The van der Waals surface area contributed by atoms with E-state index in [0.717, 1.165) is 5.56 Å². The van der Waals surface area contributed by atoms with Crippen molar-refractivity contribution < 1.29 is 18.7 Å². The van der Waals surface area contributed by atoms with E-state index < -0.39 is 6.04 Å². The quantitative estimate of drug-likeness (QED) is 0.837. The maximum Gasteiger partial charge on any atom is 0.242 e. The molecule has 2 N–H and O–H groups in total. The lowest BCUT2D eigenvalue weighted by atomic mass is 10.1. The molecule has 0 saturated carbocycles. The highest BCUT2D eigenvalue weighted by atomic mass is 35.5. The van der Waals surface area contributed by atoms with Gasteiger partial charge in [0.25, 0.3) is 0 Å². The molecule has 23 heavy (non-hydrogen) atoms. The molecule has 2 rings (SSSR count). The number of carbonyl (C=O) groups is 2. The Morgan fingerprint density at radius 1 is 1.43 bits per heavy atom. The first-order valence-corrected chi connectivity index (χ1v) is 7.07. The Morgan fingerprint density at radius 2 is 2.17 bits per heavy atom. The minimum absolute atomic E-state index is 0. The second kappa shape index (κ2) is 8.81. The predicted molar refractivity (Wildman–Crippen MR) is 85.5 cm³/mol. The molecule has 1 aromatic rings. The molecule has 128 valence electrons. The Kier molecular flexibility index (Phi) is 7.41. The molecular weight excluding hydrogens is 325 g/mol. The number of halogens is 2. The van der Waals surface area contributed by atoms with Gasteiger partial charge in [0.1, 0.15) is 11.9 Å². The van der Waals surface area contributed by atoms with E-state index in [0.29, 0.717) is 19.6 Å². The Bertz CT molecular complexity index is 559. The van der Waals surface area contributed by atoms with Gasteiger partial charge in [-0.15, -0.1) is 12.4 Å². The summed E-state index contributed by atoms with van der Waals surface area (Å²) in [6.45, 7) is 1.27. The Labute approximate surface area is 140 Å². The zero-order valence-electron chi connectivity index (χ0n) is 12.9. The van der Waals surface area contributed by atoms with Crippen molar-refractivity contribution >= 4 is 24.2 Å². The van der Waals surface area contributed by atoms with Crippen molar-refractivity contribution in [1.29, 1.82) is 0 Å². The molecule has 8 heteroatoms. The van der Waals surface area contributed by atoms with Crippen LogP contribution >= 0.6 is 12.4 Å². The van der Waals surface area contributed by atoms with E-state index in [9.17, 15) is 14.0 Å². The number of rotatable bonds is 5. The van der Waals surface area contributed by atoms with E-state index in [1.165, 1.54) is 24.1 Å². The second-order valence-electron chi connectivity index (χ2n) is 5.27. The van der Waals surface area contributed by atoms with E-state index in [-0.39, 0.29) is 43.2 Å². The zero-order chi connectivity index (χ0) is 16.1. The average Bonchev–Trinajstić information content (AvgIpc) is 2.49. The lowest BCUT2D eigenvalue weighted by Gasteiger charge is -2.35. The van der Waals surface area contributed by atoms with Gasteiger partial charge in [-0.25, -0.2) is 4.39 Å². The van der Waals surface area contributed by atoms with Crippen molar-refractivity contribution in [1.82, 2.24) is 9.80 Å². The third-order valence-corrected chi connectivity index (χ3v) is 3.56. The highest BCUT2D eigenvalue weighted by Crippen LogP contribution is 2.11. The number of benzene rings is 1. The molecule has 1 atom stereocenters. The third-order valence-electron chi connectivity index (χ3n) is 3.56. The largest absolute Gasteiger partial charge is 0.383 e. The summed E-state index contributed by atoms with van der Waals surface area (Å²) in [4.78, 5) is 27.2. The van der Waals surface area contributed by atoms with Crippen LogP contribution in [0.4, 0.5) is 4.39 Å². The molecule has 6 nitrogen and oxygen atoms in total. The molecule has 1 saturated heterocycles. The number of methoxy groups -OCH3 is 1. The van der Waals surface area contributed by atoms with Crippen molar-refractivity contribution in [3.63, 3.8) is 0 Å². The number of hydrogen-bond donors (Lipinski definition) is 1. The van der Waals surface area contributed by atoms with Gasteiger partial charge in [0.05, 0.1) is 13.2 Å². The van der Waals surface area contributed by atoms with Gasteiger partial charge in [-0.05, 0) is 17.7 Å². The number of nitrogens with zero attached hydrogens (tertiary/aromatic N) is 2. The summed E-state index contributed by atoms with van der Waals surface area (Å²) in [7, 11) is 1.47. The van der Waals surface area contributed by atoms with Crippen molar-refractivity contribution in [3.8, 4) is 0 Å². The van der Waals surface area contributed by atoms with Crippen LogP contribution in [0, 0.1) is 5.82 Å². The number of piperazine rings is 1. The molecule has 1 aliphatic heterocycles. The SMILES string of the molecule is COCC(N)C(=O)N1CCN(Cc2cccc(F)c2)C(=O)C1.Cl. The predicted octanol–water partition coefficient (Wildman–Crippen LogP) is 0.392. The lowest BCUT2D eigenvalue weighted by molar-refractivity contribution is -0.147. The van der Waals surface area contributed by atoms with Gasteiger partial charge < -0.3 is 20.3 Å². The van der Waals surface area contributed by atoms with Crippen LogP contribution in [-0.2, 0) is 20.9 Å². The van der Waals surface area contributed by atoms with Gasteiger partial charge >= 0.3 is 0 Å². The van der Waals surface area contributed by atoms with Crippen LogP contribution in [-0.4, -0.2) is 61.0 Å². The van der Waals surface area contributed by atoms with Gasteiger partial charge in [0.15, 0.2) is 0 Å². The molecule has 1 fully saturated rings. The van der Waals surface area contributed by atoms with E-state index in [1.807, 2.05) is 0 Å². The van der Waals surface area contributed by atoms with E-state index >= 15 is 0 Å². The van der Waals surface area contributed by atoms with Crippen molar-refractivity contribution in [2.45, 2.75) is 12.6 Å². The van der Waals surface area contributed by atoms with E-state index in [1.54, 1.807) is 17.0 Å². The first-order chi connectivity index (χ1) is 10.5. The van der Waals surface area contributed by atoms with E-state index in [4.69, 9.17) is 10.5 Å². The topological polar surface area (TPSA) is 75.9 Å². The standard InChI is InChI=1S/C15H20FN3O3.ClH/c1-22-10-13(17)15(21)19-6-5-18(14(20)9-19)8-11-3-2-4-12(16)7-11;/h2-4,7,13H,5-6,8-10,17H2,1H3;1H. The minimum atomic E-state index is -0.757. The maximum atomic E-state index is 13.2. The van der Waals surface area contributed by atoms with E-state index in [2.05, 4.69) is 0 Å². The molecule has 1 aromatic carbocycles. The average molecular weight is 346 g/mol. The molecular formula is C15H21ClFN3O3. The monoisotopic (exact) mass is 345 g/mol. The van der Waals surface area contributed by atoms with Crippen LogP contribution in [0.5, 0.6) is 0 Å². The van der Waals surface area contributed by atoms with Crippen LogP contribution in [0.2, 0.25) is 0 Å². The van der Waals surface area contributed by atoms with Crippen LogP contribution < -0.4 is 5.73 Å². The summed E-state index contributed by atoms with van der Waals surface area (Å²) in [5, 5.41) is 0. The Balaban J connectivity index is 0.00000264. The van der Waals surface area contributed by atoms with Crippen LogP contribution in [0.15, 0.2) is 24.3 Å². The number of nitrogens with two attached hydrogens (primary N) is 1. The fraction of sp³-hybridized carbons (Fsp3) is 0.467. The normalized spacial score (nSPS) is 16.0. The minimum Gasteiger partial charge on any atom is -0.383 e. The summed E-state index contributed by atoms with van der Waals surface area (Å²) in [6, 6.07) is 5.38. The first kappa shape index (κ1) is 19.3. The van der Waals surface area contributed by atoms with Crippen LogP contribution in [0.1, 0.15) is 5.56 Å². The molecule has 0 spiro atoms. The molecule has 1 aliphatic rings. The molecule has 0 aromatic heterocycles. The Morgan fingerprint density at radius 3 is 2.78 bits per heavy atom. The number of hydrogen-bond acceptors (Lipinski definition) is 4. The summed E-state index contributed by atoms with van der Waals surface area (Å²) in [5.74, 6) is -0.793. The van der Waals surface area contributed by atoms with Crippen LogP contribution in [0.25, 0.3) is 0 Å². The Hall–Kier alpha value is -1.70. The summed E-state index contributed by atoms with van der Waals surface area (Å²) < 4.78 is 18.0. The second-order valence-corrected chi connectivity index (χ2v) is 5.27. The number of carbonyl (C=O) groups excluding carboxylic acids is 2. The van der Waals surface area contributed by atoms with Gasteiger partial charge in [0.2, 0.25) is 11.8 Å². The van der Waals surface area contributed by atoms with Crippen molar-refractivity contribution in [2.24, 2.45) is 5.73 Å². The lowest BCUT2D eigenvalue weighted by Crippen LogP contribution is -2.56. The highest BCUT2D eigenvalue weighted by Gasteiger charge is 2.29. The summed E-state index contributed by atoms with van der Waals surface area (Å²) in [6.07, 6.45) is 0.